The van der Waals surface area contributed by atoms with Crippen molar-refractivity contribution in [1.82, 2.24) is 0 Å². The smallest absolute Gasteiger partial charge is 0.294 e. The topological polar surface area (TPSA) is 66.8 Å². The highest BCUT2D eigenvalue weighted by Gasteiger charge is 2.46. The van der Waals surface area contributed by atoms with Crippen molar-refractivity contribution in [2.45, 2.75) is 33.7 Å². The second-order valence-corrected chi connectivity index (χ2v) is 8.03. The van der Waals surface area contributed by atoms with Gasteiger partial charge >= 0.3 is 0 Å². The number of aryl methyl sites for hydroxylation is 1. The number of ether oxygens (including phenoxy) is 1. The SMILES string of the molecule is COc1ccc(N2C(=O)C(O)=C(C(=O)C(C)(C)C)C2c2cccc(C)c2)cc1. The van der Waals surface area contributed by atoms with Gasteiger partial charge in [0, 0.05) is 11.1 Å². The van der Waals surface area contributed by atoms with Crippen LogP contribution in [0.5, 0.6) is 5.75 Å². The zero-order valence-corrected chi connectivity index (χ0v) is 16.8. The maximum Gasteiger partial charge on any atom is 0.294 e. The fraction of sp³-hybridized carbons (Fsp3) is 0.304. The molecule has 1 amide bonds. The molecule has 28 heavy (non-hydrogen) atoms. The van der Waals surface area contributed by atoms with Crippen molar-refractivity contribution in [3.8, 4) is 5.75 Å². The van der Waals surface area contributed by atoms with Crippen LogP contribution in [0, 0.1) is 12.3 Å². The van der Waals surface area contributed by atoms with Crippen molar-refractivity contribution in [3.63, 3.8) is 0 Å². The minimum atomic E-state index is -0.735. The Balaban J connectivity index is 2.19. The zero-order valence-electron chi connectivity index (χ0n) is 16.8. The van der Waals surface area contributed by atoms with E-state index in [0.717, 1.165) is 11.1 Å². The summed E-state index contributed by atoms with van der Waals surface area (Å²) in [6.45, 7) is 7.29. The van der Waals surface area contributed by atoms with Crippen LogP contribution in [0.4, 0.5) is 5.69 Å². The van der Waals surface area contributed by atoms with E-state index in [1.807, 2.05) is 31.2 Å². The Morgan fingerprint density at radius 3 is 2.29 bits per heavy atom. The predicted molar refractivity (Wildman–Crippen MR) is 109 cm³/mol. The third-order valence-corrected chi connectivity index (χ3v) is 4.84. The number of methoxy groups -OCH3 is 1. The normalized spacial score (nSPS) is 17.2. The van der Waals surface area contributed by atoms with Gasteiger partial charge in [-0.25, -0.2) is 0 Å². The van der Waals surface area contributed by atoms with Gasteiger partial charge in [-0.15, -0.1) is 0 Å². The minimum absolute atomic E-state index is 0.138. The average Bonchev–Trinajstić information content (AvgIpc) is 2.91. The number of aliphatic hydroxyl groups excluding tert-OH is 1. The second-order valence-electron chi connectivity index (χ2n) is 8.03. The van der Waals surface area contributed by atoms with Gasteiger partial charge in [0.15, 0.2) is 11.5 Å². The molecule has 0 spiro atoms. The monoisotopic (exact) mass is 379 g/mol. The number of rotatable bonds is 4. The molecule has 1 aliphatic rings. The van der Waals surface area contributed by atoms with E-state index in [2.05, 4.69) is 0 Å². The Labute approximate surface area is 165 Å². The van der Waals surface area contributed by atoms with Gasteiger partial charge in [-0.1, -0.05) is 50.6 Å². The zero-order chi connectivity index (χ0) is 20.6. The van der Waals surface area contributed by atoms with Crippen LogP contribution in [0.3, 0.4) is 0 Å². The van der Waals surface area contributed by atoms with Gasteiger partial charge in [0.1, 0.15) is 5.75 Å². The lowest BCUT2D eigenvalue weighted by molar-refractivity contribution is -0.123. The molecule has 1 aliphatic heterocycles. The van der Waals surface area contributed by atoms with E-state index in [1.54, 1.807) is 52.1 Å². The van der Waals surface area contributed by atoms with Gasteiger partial charge in [-0.2, -0.15) is 0 Å². The molecular weight excluding hydrogens is 354 g/mol. The second kappa shape index (κ2) is 7.15. The number of carbonyl (C=O) groups excluding carboxylic acids is 2. The molecule has 146 valence electrons. The largest absolute Gasteiger partial charge is 0.503 e. The molecule has 0 aromatic heterocycles. The maximum absolute atomic E-state index is 13.2. The Kier molecular flexibility index (Phi) is 5.02. The highest BCUT2D eigenvalue weighted by Crippen LogP contribution is 2.43. The van der Waals surface area contributed by atoms with Gasteiger partial charge in [-0.05, 0) is 36.8 Å². The summed E-state index contributed by atoms with van der Waals surface area (Å²) in [7, 11) is 1.57. The van der Waals surface area contributed by atoms with E-state index in [4.69, 9.17) is 4.74 Å². The third-order valence-electron chi connectivity index (χ3n) is 4.84. The molecule has 0 fully saturated rings. The summed E-state index contributed by atoms with van der Waals surface area (Å²) in [4.78, 5) is 27.6. The number of carbonyl (C=O) groups is 2. The van der Waals surface area contributed by atoms with Crippen molar-refractivity contribution >= 4 is 17.4 Å². The van der Waals surface area contributed by atoms with E-state index in [9.17, 15) is 14.7 Å². The van der Waals surface area contributed by atoms with Crippen LogP contribution in [-0.4, -0.2) is 23.9 Å². The van der Waals surface area contributed by atoms with E-state index < -0.39 is 23.1 Å². The van der Waals surface area contributed by atoms with E-state index in [1.165, 1.54) is 4.90 Å². The van der Waals surface area contributed by atoms with Crippen molar-refractivity contribution in [2.75, 3.05) is 12.0 Å². The Morgan fingerprint density at radius 2 is 1.75 bits per heavy atom. The van der Waals surface area contributed by atoms with Crippen molar-refractivity contribution < 1.29 is 19.4 Å². The maximum atomic E-state index is 13.2. The van der Waals surface area contributed by atoms with Crippen molar-refractivity contribution in [2.24, 2.45) is 5.41 Å². The van der Waals surface area contributed by atoms with Crippen LogP contribution in [0.25, 0.3) is 0 Å². The van der Waals surface area contributed by atoms with Crippen LogP contribution in [0.2, 0.25) is 0 Å². The molecule has 0 saturated heterocycles. The van der Waals surface area contributed by atoms with Crippen LogP contribution >= 0.6 is 0 Å². The van der Waals surface area contributed by atoms with Gasteiger partial charge in [-0.3, -0.25) is 14.5 Å². The molecule has 1 N–H and O–H groups in total. The molecule has 5 heteroatoms. The van der Waals surface area contributed by atoms with E-state index >= 15 is 0 Å². The number of ketones is 1. The lowest BCUT2D eigenvalue weighted by Crippen LogP contribution is -2.32. The molecule has 1 atom stereocenters. The summed E-state index contributed by atoms with van der Waals surface area (Å²) in [5.74, 6) is -0.655. The van der Waals surface area contributed by atoms with Crippen molar-refractivity contribution in [3.05, 3.63) is 71.0 Å². The Hall–Kier alpha value is -3.08. The summed E-state index contributed by atoms with van der Waals surface area (Å²) in [6, 6.07) is 13.9. The number of nitrogens with zero attached hydrogens (tertiary/aromatic N) is 1. The fourth-order valence-corrected chi connectivity index (χ4v) is 3.41. The summed E-state index contributed by atoms with van der Waals surface area (Å²) >= 11 is 0. The number of amides is 1. The summed E-state index contributed by atoms with van der Waals surface area (Å²) < 4.78 is 5.19. The van der Waals surface area contributed by atoms with Crippen LogP contribution in [0.1, 0.15) is 37.9 Å². The van der Waals surface area contributed by atoms with Gasteiger partial charge in [0.2, 0.25) is 0 Å². The molecule has 3 rings (SSSR count). The van der Waals surface area contributed by atoms with Gasteiger partial charge < -0.3 is 9.84 Å². The van der Waals surface area contributed by atoms with Crippen LogP contribution in [0.15, 0.2) is 59.9 Å². The first-order chi connectivity index (χ1) is 13.1. The number of hydrogen-bond donors (Lipinski definition) is 1. The number of benzene rings is 2. The Bertz CT molecular complexity index is 951. The fourth-order valence-electron chi connectivity index (χ4n) is 3.41. The van der Waals surface area contributed by atoms with Gasteiger partial charge in [0.25, 0.3) is 5.91 Å². The first-order valence-electron chi connectivity index (χ1n) is 9.17. The molecule has 2 aromatic carbocycles. The number of aliphatic hydroxyl groups is 1. The standard InChI is InChI=1S/C23H25NO4/c1-14-7-6-8-15(13-14)19-18(21(26)23(2,3)4)20(25)22(27)24(19)16-9-11-17(28-5)12-10-16/h6-13,19,25H,1-5H3. The van der Waals surface area contributed by atoms with Gasteiger partial charge in [0.05, 0.1) is 18.7 Å². The lowest BCUT2D eigenvalue weighted by atomic mass is 9.82. The van der Waals surface area contributed by atoms with Crippen molar-refractivity contribution in [1.29, 1.82) is 0 Å². The third kappa shape index (κ3) is 3.40. The molecule has 0 radical (unpaired) electrons. The Morgan fingerprint density at radius 1 is 1.11 bits per heavy atom. The van der Waals surface area contributed by atoms with E-state index in [0.29, 0.717) is 11.4 Å². The predicted octanol–water partition coefficient (Wildman–Crippen LogP) is 4.52. The first kappa shape index (κ1) is 19.7. The lowest BCUT2D eigenvalue weighted by Gasteiger charge is -2.29. The molecule has 0 aliphatic carbocycles. The van der Waals surface area contributed by atoms with Crippen LogP contribution in [-0.2, 0) is 9.59 Å². The number of anilines is 1. The number of Topliss-reactive ketones (excluding diaryl/α,β-unsaturated/α-hetero) is 1. The average molecular weight is 379 g/mol. The summed E-state index contributed by atoms with van der Waals surface area (Å²) in [6.07, 6.45) is 0. The quantitative estimate of drug-likeness (QED) is 0.848. The molecule has 1 unspecified atom stereocenters. The minimum Gasteiger partial charge on any atom is -0.503 e. The molecule has 2 aromatic rings. The van der Waals surface area contributed by atoms with E-state index in [-0.39, 0.29) is 11.4 Å². The highest BCUT2D eigenvalue weighted by atomic mass is 16.5. The molecule has 1 heterocycles. The highest BCUT2D eigenvalue weighted by molar-refractivity contribution is 6.17. The molecular formula is C23H25NO4. The molecule has 5 nitrogen and oxygen atoms in total. The summed E-state index contributed by atoms with van der Waals surface area (Å²) in [5, 5.41) is 10.7. The first-order valence-corrected chi connectivity index (χ1v) is 9.17. The summed E-state index contributed by atoms with van der Waals surface area (Å²) in [5.41, 5.74) is 1.77. The molecule has 0 bridgehead atoms. The van der Waals surface area contributed by atoms with Crippen LogP contribution < -0.4 is 9.64 Å². The molecule has 0 saturated carbocycles. The number of hydrogen-bond acceptors (Lipinski definition) is 4.